The van der Waals surface area contributed by atoms with E-state index in [0.717, 1.165) is 101 Å². The van der Waals surface area contributed by atoms with E-state index in [2.05, 4.69) is 79.7 Å². The molecule has 5 nitrogen and oxygen atoms in total. The Kier molecular flexibility index (Phi) is 13.5. The van der Waals surface area contributed by atoms with Gasteiger partial charge in [0, 0.05) is 25.6 Å². The molecule has 3 aromatic rings. The van der Waals surface area contributed by atoms with Gasteiger partial charge in [-0.1, -0.05) is 67.9 Å². The number of amides is 1. The molecule has 3 aromatic carbocycles. The number of thioether (sulfide) groups is 1. The highest BCUT2D eigenvalue weighted by molar-refractivity contribution is 7.99. The van der Waals surface area contributed by atoms with Gasteiger partial charge in [0.1, 0.15) is 11.5 Å². The minimum Gasteiger partial charge on any atom is -0.494 e. The number of rotatable bonds is 16. The molecule has 1 fully saturated rings. The Morgan fingerprint density at radius 2 is 1.74 bits per heavy atom. The SMILES string of the molecule is CCCCN(C)C(=O)CSCCCCCOc1ccc(C2=C(c3ccccc3)CCCc3c(OC4CCCCO4)cccc32)cc1. The van der Waals surface area contributed by atoms with Crippen LogP contribution in [0, 0.1) is 0 Å². The molecule has 1 aliphatic carbocycles. The fourth-order valence-electron chi connectivity index (χ4n) is 6.28. The van der Waals surface area contributed by atoms with Gasteiger partial charge in [0.15, 0.2) is 6.29 Å². The molecule has 0 bridgehead atoms. The molecule has 246 valence electrons. The largest absolute Gasteiger partial charge is 0.494 e. The Hall–Kier alpha value is -3.22. The van der Waals surface area contributed by atoms with E-state index >= 15 is 0 Å². The maximum Gasteiger partial charge on any atom is 0.232 e. The molecular weight excluding hydrogens is 591 g/mol. The first-order valence-corrected chi connectivity index (χ1v) is 18.5. The minimum absolute atomic E-state index is 0.161. The van der Waals surface area contributed by atoms with Crippen molar-refractivity contribution in [3.8, 4) is 11.5 Å². The van der Waals surface area contributed by atoms with E-state index in [1.807, 2.05) is 11.9 Å². The number of nitrogens with zero attached hydrogens (tertiary/aromatic N) is 1. The number of unbranched alkanes of at least 4 members (excludes halogenated alkanes) is 3. The smallest absolute Gasteiger partial charge is 0.232 e. The van der Waals surface area contributed by atoms with Crippen molar-refractivity contribution in [2.24, 2.45) is 0 Å². The minimum atomic E-state index is -0.161. The van der Waals surface area contributed by atoms with Crippen molar-refractivity contribution < 1.29 is 19.0 Å². The Morgan fingerprint density at radius 1 is 0.891 bits per heavy atom. The molecule has 0 aromatic heterocycles. The number of ether oxygens (including phenoxy) is 3. The zero-order valence-corrected chi connectivity index (χ0v) is 28.6. The third kappa shape index (κ3) is 9.65. The van der Waals surface area contributed by atoms with Crippen LogP contribution < -0.4 is 9.47 Å². The molecule has 0 saturated carbocycles. The van der Waals surface area contributed by atoms with Gasteiger partial charge in [-0.05, 0) is 110 Å². The molecular formula is C40H51NO4S. The lowest BCUT2D eigenvalue weighted by molar-refractivity contribution is -0.127. The number of allylic oxidation sites excluding steroid dienone is 1. The van der Waals surface area contributed by atoms with Crippen LogP contribution in [0.2, 0.25) is 0 Å². The predicted octanol–water partition coefficient (Wildman–Crippen LogP) is 9.43. The first kappa shape index (κ1) is 34.1. The molecule has 1 amide bonds. The number of carbonyl (C=O) groups is 1. The van der Waals surface area contributed by atoms with Crippen LogP contribution in [-0.4, -0.2) is 55.4 Å². The first-order valence-electron chi connectivity index (χ1n) is 17.4. The molecule has 0 spiro atoms. The number of carbonyl (C=O) groups excluding carboxylic acids is 1. The zero-order valence-electron chi connectivity index (χ0n) is 27.8. The molecule has 0 N–H and O–H groups in total. The molecule has 1 unspecified atom stereocenters. The Balaban J connectivity index is 1.21. The summed E-state index contributed by atoms with van der Waals surface area (Å²) < 4.78 is 18.6. The summed E-state index contributed by atoms with van der Waals surface area (Å²) in [7, 11) is 1.91. The normalized spacial score (nSPS) is 16.4. The van der Waals surface area contributed by atoms with Crippen LogP contribution in [0.5, 0.6) is 11.5 Å². The number of hydrogen-bond donors (Lipinski definition) is 0. The van der Waals surface area contributed by atoms with Crippen molar-refractivity contribution in [2.75, 3.05) is 38.3 Å². The lowest BCUT2D eigenvalue weighted by atomic mass is 9.87. The van der Waals surface area contributed by atoms with Crippen molar-refractivity contribution in [3.05, 3.63) is 95.1 Å². The van der Waals surface area contributed by atoms with Crippen LogP contribution in [-0.2, 0) is 16.0 Å². The van der Waals surface area contributed by atoms with Crippen LogP contribution in [0.15, 0.2) is 72.8 Å². The van der Waals surface area contributed by atoms with Crippen LogP contribution in [0.1, 0.15) is 93.4 Å². The fourth-order valence-corrected chi connectivity index (χ4v) is 7.23. The van der Waals surface area contributed by atoms with E-state index in [9.17, 15) is 4.79 Å². The van der Waals surface area contributed by atoms with Gasteiger partial charge in [-0.25, -0.2) is 0 Å². The molecule has 0 radical (unpaired) electrons. The summed E-state index contributed by atoms with van der Waals surface area (Å²) in [6.07, 6.45) is 11.5. The van der Waals surface area contributed by atoms with Crippen molar-refractivity contribution >= 4 is 28.8 Å². The van der Waals surface area contributed by atoms with Gasteiger partial charge in [-0.2, -0.15) is 11.8 Å². The highest BCUT2D eigenvalue weighted by Gasteiger charge is 2.24. The topological polar surface area (TPSA) is 48.0 Å². The molecule has 2 aliphatic rings. The molecule has 46 heavy (non-hydrogen) atoms. The third-order valence-corrected chi connectivity index (χ3v) is 9.95. The van der Waals surface area contributed by atoms with Gasteiger partial charge in [-0.15, -0.1) is 0 Å². The number of fused-ring (bicyclic) bond motifs is 1. The highest BCUT2D eigenvalue weighted by Crippen LogP contribution is 2.43. The van der Waals surface area contributed by atoms with Crippen LogP contribution in [0.25, 0.3) is 11.1 Å². The second kappa shape index (κ2) is 18.2. The van der Waals surface area contributed by atoms with Gasteiger partial charge < -0.3 is 19.1 Å². The standard InChI is InChI=1S/C40H51NO4S/c1-3-4-26-41(2)38(42)30-46-29-12-6-10-27-43-33-24-22-32(23-25-33)40-34(31-15-7-5-8-16-31)17-13-18-35-36(40)19-14-20-37(35)45-39-21-9-11-28-44-39/h5,7-8,14-16,19-20,22-25,39H,3-4,6,9-13,17-18,21,26-30H2,1-2H3. The lowest BCUT2D eigenvalue weighted by Crippen LogP contribution is -2.29. The maximum absolute atomic E-state index is 12.2. The Bertz CT molecular complexity index is 1400. The summed E-state index contributed by atoms with van der Waals surface area (Å²) >= 11 is 1.75. The van der Waals surface area contributed by atoms with E-state index in [1.165, 1.54) is 33.4 Å². The van der Waals surface area contributed by atoms with Crippen molar-refractivity contribution in [1.29, 1.82) is 0 Å². The summed E-state index contributed by atoms with van der Waals surface area (Å²) in [6.45, 7) is 4.49. The average Bonchev–Trinajstić information content (AvgIpc) is 3.30. The average molecular weight is 642 g/mol. The van der Waals surface area contributed by atoms with E-state index in [1.54, 1.807) is 11.8 Å². The summed E-state index contributed by atoms with van der Waals surface area (Å²) in [5, 5.41) is 0. The van der Waals surface area contributed by atoms with E-state index in [0.29, 0.717) is 12.4 Å². The van der Waals surface area contributed by atoms with Gasteiger partial charge in [0.25, 0.3) is 0 Å². The third-order valence-electron chi connectivity index (χ3n) is 8.92. The molecule has 6 heteroatoms. The molecule has 5 rings (SSSR count). The van der Waals surface area contributed by atoms with E-state index < -0.39 is 0 Å². The molecule has 1 atom stereocenters. The summed E-state index contributed by atoms with van der Waals surface area (Å²) in [4.78, 5) is 14.1. The van der Waals surface area contributed by atoms with Crippen molar-refractivity contribution in [3.63, 3.8) is 0 Å². The Morgan fingerprint density at radius 3 is 2.52 bits per heavy atom. The quantitative estimate of drug-likeness (QED) is 0.146. The monoisotopic (exact) mass is 641 g/mol. The second-order valence-electron chi connectivity index (χ2n) is 12.4. The second-order valence-corrected chi connectivity index (χ2v) is 13.5. The van der Waals surface area contributed by atoms with Gasteiger partial charge >= 0.3 is 0 Å². The highest BCUT2D eigenvalue weighted by atomic mass is 32.2. The van der Waals surface area contributed by atoms with E-state index in [4.69, 9.17) is 14.2 Å². The summed E-state index contributed by atoms with van der Waals surface area (Å²) in [5.41, 5.74) is 7.68. The van der Waals surface area contributed by atoms with Crippen molar-refractivity contribution in [2.45, 2.75) is 83.8 Å². The van der Waals surface area contributed by atoms with Gasteiger partial charge in [0.2, 0.25) is 5.91 Å². The van der Waals surface area contributed by atoms with Gasteiger partial charge in [-0.3, -0.25) is 4.79 Å². The van der Waals surface area contributed by atoms with Crippen molar-refractivity contribution in [1.82, 2.24) is 4.90 Å². The van der Waals surface area contributed by atoms with E-state index in [-0.39, 0.29) is 12.2 Å². The fraction of sp³-hybridized carbons (Fsp3) is 0.475. The molecule has 1 saturated heterocycles. The summed E-state index contributed by atoms with van der Waals surface area (Å²) in [6, 6.07) is 26.0. The number of benzene rings is 3. The molecule has 1 aliphatic heterocycles. The molecule has 1 heterocycles. The predicted molar refractivity (Wildman–Crippen MR) is 192 cm³/mol. The lowest BCUT2D eigenvalue weighted by Gasteiger charge is -2.25. The summed E-state index contributed by atoms with van der Waals surface area (Å²) in [5.74, 6) is 3.70. The van der Waals surface area contributed by atoms with Gasteiger partial charge in [0.05, 0.1) is 19.0 Å². The zero-order chi connectivity index (χ0) is 32.0. The number of hydrogen-bond acceptors (Lipinski definition) is 5. The van der Waals surface area contributed by atoms with Crippen LogP contribution in [0.3, 0.4) is 0 Å². The maximum atomic E-state index is 12.2. The first-order chi connectivity index (χ1) is 22.6. The van der Waals surface area contributed by atoms with Crippen LogP contribution >= 0.6 is 11.8 Å². The van der Waals surface area contributed by atoms with Crippen LogP contribution in [0.4, 0.5) is 0 Å². The Labute approximate surface area is 280 Å².